The van der Waals surface area contributed by atoms with E-state index in [2.05, 4.69) is 20.5 Å². The number of amides is 1. The maximum atomic E-state index is 12.4. The zero-order chi connectivity index (χ0) is 13.9. The van der Waals surface area contributed by atoms with Gasteiger partial charge in [-0.05, 0) is 25.3 Å². The van der Waals surface area contributed by atoms with Gasteiger partial charge in [0.15, 0.2) is 0 Å². The lowest BCUT2D eigenvalue weighted by Gasteiger charge is -2.15. The van der Waals surface area contributed by atoms with Crippen LogP contribution in [-0.4, -0.2) is 27.1 Å². The van der Waals surface area contributed by atoms with Crippen molar-refractivity contribution in [1.29, 1.82) is 0 Å². The Kier molecular flexibility index (Phi) is 3.73. The molecule has 3 rings (SSSR count). The average molecular weight is 288 g/mol. The Balaban J connectivity index is 1.80. The summed E-state index contributed by atoms with van der Waals surface area (Å²) in [6.07, 6.45) is 2.16. The van der Waals surface area contributed by atoms with Crippen LogP contribution in [0.4, 0.5) is 0 Å². The van der Waals surface area contributed by atoms with E-state index in [1.807, 2.05) is 37.3 Å². The maximum Gasteiger partial charge on any atom is 0.238 e. The number of hydrogen-bond donors (Lipinski definition) is 2. The van der Waals surface area contributed by atoms with Crippen LogP contribution in [0.1, 0.15) is 29.5 Å². The van der Waals surface area contributed by atoms with Crippen LogP contribution < -0.4 is 5.32 Å². The van der Waals surface area contributed by atoms with Crippen LogP contribution >= 0.6 is 11.8 Å². The zero-order valence-corrected chi connectivity index (χ0v) is 12.0. The summed E-state index contributed by atoms with van der Waals surface area (Å²) in [6.45, 7) is 1.85. The van der Waals surface area contributed by atoms with Crippen molar-refractivity contribution in [3.05, 3.63) is 41.7 Å². The molecule has 2 aromatic rings. The van der Waals surface area contributed by atoms with Crippen molar-refractivity contribution in [2.24, 2.45) is 0 Å². The van der Waals surface area contributed by atoms with Crippen LogP contribution in [0.15, 0.2) is 35.5 Å². The van der Waals surface area contributed by atoms with Gasteiger partial charge in [0.05, 0.1) is 0 Å². The van der Waals surface area contributed by atoms with Crippen molar-refractivity contribution in [3.8, 4) is 0 Å². The van der Waals surface area contributed by atoms with Crippen molar-refractivity contribution >= 4 is 17.7 Å². The quantitative estimate of drug-likeness (QED) is 0.828. The molecule has 6 heteroatoms. The first-order chi connectivity index (χ1) is 9.72. The van der Waals surface area contributed by atoms with Crippen molar-refractivity contribution in [2.45, 2.75) is 36.2 Å². The molecule has 1 aromatic heterocycles. The lowest BCUT2D eigenvalue weighted by Crippen LogP contribution is -2.29. The Morgan fingerprint density at radius 2 is 2.15 bits per heavy atom. The number of benzene rings is 1. The molecule has 2 N–H and O–H groups in total. The Bertz CT molecular complexity index is 594. The van der Waals surface area contributed by atoms with E-state index in [9.17, 15) is 4.79 Å². The van der Waals surface area contributed by atoms with E-state index >= 15 is 0 Å². The fraction of sp³-hybridized carbons (Fsp3) is 0.357. The number of aryl methyl sites for hydroxylation is 1. The molecule has 1 unspecified atom stereocenters. The van der Waals surface area contributed by atoms with Crippen LogP contribution in [0.25, 0.3) is 0 Å². The Labute approximate surface area is 121 Å². The number of nitrogens with zero attached hydrogens (tertiary/aromatic N) is 2. The van der Waals surface area contributed by atoms with Crippen LogP contribution in [-0.2, 0) is 4.79 Å². The van der Waals surface area contributed by atoms with E-state index < -0.39 is 0 Å². The van der Waals surface area contributed by atoms with Crippen LogP contribution in [0.2, 0.25) is 0 Å². The molecule has 0 bridgehead atoms. The second-order valence-corrected chi connectivity index (χ2v) is 5.97. The second-order valence-electron chi connectivity index (χ2n) is 4.89. The summed E-state index contributed by atoms with van der Waals surface area (Å²) in [5.74, 6) is 0.785. The molecule has 0 radical (unpaired) electrons. The second kappa shape index (κ2) is 5.66. The lowest BCUT2D eigenvalue weighted by atomic mass is 10.1. The number of carbonyl (C=O) groups excluding carboxylic acids is 1. The molecular formula is C14H16N4OS. The Morgan fingerprint density at radius 1 is 1.40 bits per heavy atom. The molecule has 1 amide bonds. The number of aromatic nitrogens is 3. The van der Waals surface area contributed by atoms with Gasteiger partial charge >= 0.3 is 0 Å². The third kappa shape index (κ3) is 3.19. The largest absolute Gasteiger partial charge is 0.352 e. The fourth-order valence-electron chi connectivity index (χ4n) is 1.89. The van der Waals surface area contributed by atoms with Gasteiger partial charge in [-0.25, -0.2) is 4.98 Å². The topological polar surface area (TPSA) is 70.7 Å². The molecule has 1 atom stereocenters. The summed E-state index contributed by atoms with van der Waals surface area (Å²) in [5.41, 5.74) is 0.970. The van der Waals surface area contributed by atoms with Gasteiger partial charge in [-0.15, -0.1) is 5.10 Å². The highest BCUT2D eigenvalue weighted by Crippen LogP contribution is 2.34. The molecule has 1 aliphatic rings. The number of nitrogens with one attached hydrogen (secondary N) is 2. The average Bonchev–Trinajstić information content (AvgIpc) is 3.17. The van der Waals surface area contributed by atoms with Crippen molar-refractivity contribution < 1.29 is 4.79 Å². The van der Waals surface area contributed by atoms with Gasteiger partial charge < -0.3 is 5.32 Å². The highest BCUT2D eigenvalue weighted by atomic mass is 32.2. The van der Waals surface area contributed by atoms with E-state index in [4.69, 9.17) is 0 Å². The summed E-state index contributed by atoms with van der Waals surface area (Å²) in [7, 11) is 0. The van der Waals surface area contributed by atoms with Crippen molar-refractivity contribution in [3.63, 3.8) is 0 Å². The van der Waals surface area contributed by atoms with Gasteiger partial charge in [0.2, 0.25) is 11.1 Å². The molecule has 1 heterocycles. The number of aromatic amines is 1. The van der Waals surface area contributed by atoms with Gasteiger partial charge in [-0.1, -0.05) is 42.1 Å². The SMILES string of the molecule is Cc1nc(SC(C(=O)NC2CC2)c2ccccc2)n[nH]1. The fourth-order valence-corrected chi connectivity index (χ4v) is 2.85. The predicted molar refractivity (Wildman–Crippen MR) is 77.3 cm³/mol. The number of hydrogen-bond acceptors (Lipinski definition) is 4. The molecule has 1 aliphatic carbocycles. The van der Waals surface area contributed by atoms with Crippen LogP contribution in [0.3, 0.4) is 0 Å². The van der Waals surface area contributed by atoms with Gasteiger partial charge in [0, 0.05) is 6.04 Å². The van der Waals surface area contributed by atoms with Gasteiger partial charge in [-0.2, -0.15) is 0 Å². The molecule has 0 aliphatic heterocycles. The third-order valence-corrected chi connectivity index (χ3v) is 4.18. The summed E-state index contributed by atoms with van der Waals surface area (Å²) < 4.78 is 0. The van der Waals surface area contributed by atoms with Crippen LogP contribution in [0.5, 0.6) is 0 Å². The standard InChI is InChI=1S/C14H16N4OS/c1-9-15-14(18-17-9)20-12(10-5-3-2-4-6-10)13(19)16-11-7-8-11/h2-6,11-12H,7-8H2,1H3,(H,16,19)(H,15,17,18). The molecule has 1 fully saturated rings. The first-order valence-electron chi connectivity index (χ1n) is 6.63. The smallest absolute Gasteiger partial charge is 0.238 e. The van der Waals surface area contributed by atoms with Gasteiger partial charge in [0.1, 0.15) is 11.1 Å². The first kappa shape index (κ1) is 13.2. The predicted octanol–water partition coefficient (Wildman–Crippen LogP) is 2.23. The Hall–Kier alpha value is -1.82. The monoisotopic (exact) mass is 288 g/mol. The van der Waals surface area contributed by atoms with Gasteiger partial charge in [-0.3, -0.25) is 9.89 Å². The number of thioether (sulfide) groups is 1. The molecule has 0 saturated heterocycles. The Morgan fingerprint density at radius 3 is 2.75 bits per heavy atom. The molecule has 104 valence electrons. The van der Waals surface area contributed by atoms with Gasteiger partial charge in [0.25, 0.3) is 0 Å². The first-order valence-corrected chi connectivity index (χ1v) is 7.51. The third-order valence-electron chi connectivity index (χ3n) is 3.06. The molecule has 1 aromatic carbocycles. The molecule has 0 spiro atoms. The number of rotatable bonds is 5. The minimum Gasteiger partial charge on any atom is -0.352 e. The van der Waals surface area contributed by atoms with E-state index in [1.54, 1.807) is 0 Å². The minimum absolute atomic E-state index is 0.0335. The number of H-pyrrole nitrogens is 1. The van der Waals surface area contributed by atoms with Crippen molar-refractivity contribution in [2.75, 3.05) is 0 Å². The molecular weight excluding hydrogens is 272 g/mol. The highest BCUT2D eigenvalue weighted by molar-refractivity contribution is 8.00. The summed E-state index contributed by atoms with van der Waals surface area (Å²) in [4.78, 5) is 16.7. The molecule has 20 heavy (non-hydrogen) atoms. The van der Waals surface area contributed by atoms with Crippen molar-refractivity contribution in [1.82, 2.24) is 20.5 Å². The normalized spacial score (nSPS) is 15.8. The minimum atomic E-state index is -0.313. The van der Waals surface area contributed by atoms with E-state index in [0.717, 1.165) is 24.2 Å². The lowest BCUT2D eigenvalue weighted by molar-refractivity contribution is -0.120. The summed E-state index contributed by atoms with van der Waals surface area (Å²) in [6, 6.07) is 10.1. The van der Waals surface area contributed by atoms with Crippen LogP contribution in [0, 0.1) is 6.92 Å². The summed E-state index contributed by atoms with van der Waals surface area (Å²) in [5, 5.41) is 10.2. The van der Waals surface area contributed by atoms with E-state index in [0.29, 0.717) is 11.2 Å². The molecule has 5 nitrogen and oxygen atoms in total. The van der Waals surface area contributed by atoms with E-state index in [1.165, 1.54) is 11.8 Å². The zero-order valence-electron chi connectivity index (χ0n) is 11.2. The van der Waals surface area contributed by atoms with E-state index in [-0.39, 0.29) is 11.2 Å². The summed E-state index contributed by atoms with van der Waals surface area (Å²) >= 11 is 1.37. The maximum absolute atomic E-state index is 12.4. The number of carbonyl (C=O) groups is 1. The highest BCUT2D eigenvalue weighted by Gasteiger charge is 2.29. The molecule has 1 saturated carbocycles.